The molecule has 0 saturated heterocycles. The molecule has 3 aromatic heterocycles. The number of nitrogens with one attached hydrogen (secondary N) is 1. The third kappa shape index (κ3) is 5.60. The number of furan rings is 1. The van der Waals surface area contributed by atoms with E-state index < -0.39 is 11.2 Å². The third-order valence-corrected chi connectivity index (χ3v) is 6.57. The van der Waals surface area contributed by atoms with Crippen LogP contribution < -0.4 is 16.6 Å². The summed E-state index contributed by atoms with van der Waals surface area (Å²) in [5.41, 5.74) is 0.344. The van der Waals surface area contributed by atoms with Crippen LogP contribution in [0.25, 0.3) is 10.2 Å². The molecule has 9 nitrogen and oxygen atoms in total. The summed E-state index contributed by atoms with van der Waals surface area (Å²) in [5, 5.41) is 4.42. The van der Waals surface area contributed by atoms with Gasteiger partial charge in [0.1, 0.15) is 17.0 Å². The number of likely N-dealkylation sites (N-methyl/N-ethyl adjacent to an activating group) is 1. The molecule has 0 radical (unpaired) electrons. The van der Waals surface area contributed by atoms with Gasteiger partial charge in [0.2, 0.25) is 11.8 Å². The zero-order valence-electron chi connectivity index (χ0n) is 19.3. The van der Waals surface area contributed by atoms with E-state index in [4.69, 9.17) is 4.42 Å². The van der Waals surface area contributed by atoms with Gasteiger partial charge >= 0.3 is 5.69 Å². The molecule has 0 fully saturated rings. The lowest BCUT2D eigenvalue weighted by Gasteiger charge is -2.22. The molecule has 4 aromatic rings. The van der Waals surface area contributed by atoms with Gasteiger partial charge in [-0.3, -0.25) is 23.5 Å². The maximum atomic E-state index is 13.3. The van der Waals surface area contributed by atoms with Gasteiger partial charge in [-0.05, 0) is 36.1 Å². The number of aromatic nitrogens is 2. The van der Waals surface area contributed by atoms with Crippen molar-refractivity contribution in [2.75, 3.05) is 6.54 Å². The van der Waals surface area contributed by atoms with Crippen LogP contribution in [0.4, 0.5) is 0 Å². The first-order valence-corrected chi connectivity index (χ1v) is 12.2. The molecule has 0 aliphatic carbocycles. The Morgan fingerprint density at radius 2 is 1.86 bits per heavy atom. The molecular weight excluding hydrogens is 468 g/mol. The SMILES string of the molecule is CCN(Cc1ccccc1)C(=O)Cn1c(=O)n(CCC(=O)NCc2ccco2)c(=O)c2sccc21. The first-order valence-electron chi connectivity index (χ1n) is 11.3. The lowest BCUT2D eigenvalue weighted by molar-refractivity contribution is -0.132. The van der Waals surface area contributed by atoms with Crippen LogP contribution in [0.5, 0.6) is 0 Å². The Kier molecular flexibility index (Phi) is 7.61. The van der Waals surface area contributed by atoms with E-state index in [9.17, 15) is 19.2 Å². The maximum Gasteiger partial charge on any atom is 0.332 e. The van der Waals surface area contributed by atoms with Gasteiger partial charge in [-0.25, -0.2) is 4.79 Å². The normalized spacial score (nSPS) is 11.0. The summed E-state index contributed by atoms with van der Waals surface area (Å²) in [6, 6.07) is 14.7. The van der Waals surface area contributed by atoms with E-state index in [1.54, 1.807) is 28.5 Å². The van der Waals surface area contributed by atoms with Crippen LogP contribution in [0.2, 0.25) is 0 Å². The highest BCUT2D eigenvalue weighted by Crippen LogP contribution is 2.16. The number of benzene rings is 1. The lowest BCUT2D eigenvalue weighted by Crippen LogP contribution is -2.43. The van der Waals surface area contributed by atoms with E-state index in [0.29, 0.717) is 29.1 Å². The third-order valence-electron chi connectivity index (χ3n) is 5.68. The van der Waals surface area contributed by atoms with E-state index in [0.717, 1.165) is 10.1 Å². The maximum absolute atomic E-state index is 13.3. The second-order valence-corrected chi connectivity index (χ2v) is 8.88. The standard InChI is InChI=1S/C25H26N4O5S/c1-2-27(16-18-7-4-3-5-8-18)22(31)17-29-20-11-14-35-23(20)24(32)28(25(29)33)12-10-21(30)26-15-19-9-6-13-34-19/h3-9,11,13-14H,2,10,12,15-17H2,1H3,(H,26,30). The predicted molar refractivity (Wildman–Crippen MR) is 133 cm³/mol. The topological polar surface area (TPSA) is 107 Å². The van der Waals surface area contributed by atoms with Crippen molar-refractivity contribution >= 4 is 33.4 Å². The summed E-state index contributed by atoms with van der Waals surface area (Å²) in [6.45, 7) is 2.71. The zero-order valence-corrected chi connectivity index (χ0v) is 20.1. The van der Waals surface area contributed by atoms with Gasteiger partial charge in [0.15, 0.2) is 0 Å². The monoisotopic (exact) mass is 494 g/mol. The van der Waals surface area contributed by atoms with Crippen molar-refractivity contribution in [1.82, 2.24) is 19.4 Å². The molecule has 0 unspecified atom stereocenters. The Balaban J connectivity index is 1.53. The zero-order chi connectivity index (χ0) is 24.8. The number of nitrogens with zero attached hydrogens (tertiary/aromatic N) is 3. The molecule has 4 rings (SSSR count). The van der Waals surface area contributed by atoms with Gasteiger partial charge < -0.3 is 14.6 Å². The van der Waals surface area contributed by atoms with Gasteiger partial charge in [0, 0.05) is 26.1 Å². The number of carbonyl (C=O) groups is 2. The fourth-order valence-electron chi connectivity index (χ4n) is 3.80. The van der Waals surface area contributed by atoms with Crippen molar-refractivity contribution in [1.29, 1.82) is 0 Å². The molecular formula is C25H26N4O5S. The largest absolute Gasteiger partial charge is 0.467 e. The molecule has 1 N–H and O–H groups in total. The average Bonchev–Trinajstić information content (AvgIpc) is 3.57. The number of carbonyl (C=O) groups excluding carboxylic acids is 2. The number of hydrogen-bond donors (Lipinski definition) is 1. The molecule has 2 amide bonds. The molecule has 182 valence electrons. The van der Waals surface area contributed by atoms with E-state index in [1.807, 2.05) is 37.3 Å². The number of thiophene rings is 1. The molecule has 10 heteroatoms. The minimum Gasteiger partial charge on any atom is -0.467 e. The molecule has 1 aromatic carbocycles. The summed E-state index contributed by atoms with van der Waals surface area (Å²) in [6.07, 6.45) is 1.45. The van der Waals surface area contributed by atoms with E-state index in [2.05, 4.69) is 5.32 Å². The van der Waals surface area contributed by atoms with Crippen LogP contribution in [0.1, 0.15) is 24.7 Å². The van der Waals surface area contributed by atoms with Crippen LogP contribution in [-0.2, 0) is 35.8 Å². The Labute approximate surface area is 205 Å². The van der Waals surface area contributed by atoms with Gasteiger partial charge in [0.05, 0.1) is 18.3 Å². The van der Waals surface area contributed by atoms with Crippen LogP contribution in [0, 0.1) is 0 Å². The Morgan fingerprint density at radius 3 is 2.57 bits per heavy atom. The van der Waals surface area contributed by atoms with Crippen molar-refractivity contribution in [2.24, 2.45) is 0 Å². The quantitative estimate of drug-likeness (QED) is 0.365. The van der Waals surface area contributed by atoms with Crippen molar-refractivity contribution in [3.8, 4) is 0 Å². The molecule has 0 saturated carbocycles. The Hall–Kier alpha value is -3.92. The summed E-state index contributed by atoms with van der Waals surface area (Å²) in [4.78, 5) is 53.3. The molecule has 3 heterocycles. The van der Waals surface area contributed by atoms with Crippen molar-refractivity contribution in [3.05, 3.63) is 92.3 Å². The molecule has 0 spiro atoms. The van der Waals surface area contributed by atoms with Crippen molar-refractivity contribution < 1.29 is 14.0 Å². The first kappa shape index (κ1) is 24.2. The highest BCUT2D eigenvalue weighted by atomic mass is 32.1. The minimum atomic E-state index is -0.608. The van der Waals surface area contributed by atoms with Crippen LogP contribution in [0.15, 0.2) is 74.2 Å². The second kappa shape index (κ2) is 11.0. The molecule has 0 aliphatic heterocycles. The van der Waals surface area contributed by atoms with Crippen LogP contribution >= 0.6 is 11.3 Å². The van der Waals surface area contributed by atoms with Crippen molar-refractivity contribution in [3.63, 3.8) is 0 Å². The first-order chi connectivity index (χ1) is 17.0. The fourth-order valence-corrected chi connectivity index (χ4v) is 4.64. The minimum absolute atomic E-state index is 0.0597. The van der Waals surface area contributed by atoms with E-state index in [-0.39, 0.29) is 37.9 Å². The number of amides is 2. The number of hydrogen-bond acceptors (Lipinski definition) is 6. The van der Waals surface area contributed by atoms with Gasteiger partial charge in [-0.1, -0.05) is 30.3 Å². The van der Waals surface area contributed by atoms with E-state index >= 15 is 0 Å². The van der Waals surface area contributed by atoms with Gasteiger partial charge in [0.25, 0.3) is 5.56 Å². The Bertz CT molecular complexity index is 1420. The summed E-state index contributed by atoms with van der Waals surface area (Å²) in [5.74, 6) is 0.0568. The van der Waals surface area contributed by atoms with E-state index in [1.165, 1.54) is 22.2 Å². The fraction of sp³-hybridized carbons (Fsp3) is 0.280. The van der Waals surface area contributed by atoms with Gasteiger partial charge in [-0.15, -0.1) is 11.3 Å². The predicted octanol–water partition coefficient (Wildman–Crippen LogP) is 2.57. The van der Waals surface area contributed by atoms with Crippen LogP contribution in [-0.4, -0.2) is 32.4 Å². The number of fused-ring (bicyclic) bond motifs is 1. The summed E-state index contributed by atoms with van der Waals surface area (Å²) in [7, 11) is 0. The smallest absolute Gasteiger partial charge is 0.332 e. The Morgan fingerprint density at radius 1 is 1.06 bits per heavy atom. The lowest BCUT2D eigenvalue weighted by atomic mass is 10.2. The molecule has 0 aliphatic rings. The van der Waals surface area contributed by atoms with Gasteiger partial charge in [-0.2, -0.15) is 0 Å². The molecule has 0 atom stereocenters. The highest BCUT2D eigenvalue weighted by Gasteiger charge is 2.20. The molecule has 35 heavy (non-hydrogen) atoms. The van der Waals surface area contributed by atoms with Crippen molar-refractivity contribution in [2.45, 2.75) is 39.5 Å². The van der Waals surface area contributed by atoms with Crippen LogP contribution in [0.3, 0.4) is 0 Å². The summed E-state index contributed by atoms with van der Waals surface area (Å²) >= 11 is 1.21. The average molecular weight is 495 g/mol. The summed E-state index contributed by atoms with van der Waals surface area (Å²) < 4.78 is 7.92. The molecule has 0 bridgehead atoms. The number of rotatable bonds is 10. The highest BCUT2D eigenvalue weighted by molar-refractivity contribution is 7.17. The second-order valence-electron chi connectivity index (χ2n) is 7.96.